The Bertz CT molecular complexity index is 938. The first-order valence-electron chi connectivity index (χ1n) is 22.7. The number of unbranched alkanes of at least 4 members (excludes halogenated alkanes) is 26. The van der Waals surface area contributed by atoms with Crippen LogP contribution >= 0.6 is 7.82 Å². The Kier molecular flexibility index (Phi) is 36.8. The van der Waals surface area contributed by atoms with E-state index in [2.05, 4.69) is 31.3 Å². The third-order valence-corrected chi connectivity index (χ3v) is 11.1. The van der Waals surface area contributed by atoms with E-state index in [0.717, 1.165) is 38.5 Å². The Balaban J connectivity index is 4.37. The molecule has 0 aliphatic heterocycles. The van der Waals surface area contributed by atoms with Crippen molar-refractivity contribution in [3.05, 3.63) is 24.3 Å². The fraction of sp³-hybridized carbons (Fsp3) is 0.889. The van der Waals surface area contributed by atoms with Crippen LogP contribution in [0.2, 0.25) is 0 Å². The lowest BCUT2D eigenvalue weighted by atomic mass is 10.0. The number of hydrogen-bond acceptors (Lipinski definition) is 6. The van der Waals surface area contributed by atoms with Gasteiger partial charge in [-0.3, -0.25) is 9.36 Å². The Morgan fingerprint density at radius 1 is 0.630 bits per heavy atom. The van der Waals surface area contributed by atoms with Crippen LogP contribution in [-0.2, 0) is 18.4 Å². The Morgan fingerprint density at radius 2 is 1.02 bits per heavy atom. The fourth-order valence-electron chi connectivity index (χ4n) is 6.50. The second-order valence-electron chi connectivity index (χ2n) is 16.8. The minimum atomic E-state index is -4.58. The maximum atomic E-state index is 12.8. The Morgan fingerprint density at radius 3 is 1.44 bits per heavy atom. The van der Waals surface area contributed by atoms with E-state index in [1.807, 2.05) is 27.2 Å². The van der Waals surface area contributed by atoms with Gasteiger partial charge in [-0.15, -0.1) is 0 Å². The molecule has 0 saturated heterocycles. The van der Waals surface area contributed by atoms with Crippen LogP contribution in [0.25, 0.3) is 0 Å². The summed E-state index contributed by atoms with van der Waals surface area (Å²) in [6.07, 6.45) is 43.6. The monoisotopic (exact) mass is 785 g/mol. The molecule has 0 rings (SSSR count). The average molecular weight is 785 g/mol. The summed E-state index contributed by atoms with van der Waals surface area (Å²) in [5.41, 5.74) is 0. The number of aliphatic hydroxyl groups is 1. The molecule has 0 radical (unpaired) electrons. The highest BCUT2D eigenvalue weighted by Gasteiger charge is 2.23. The zero-order chi connectivity index (χ0) is 40.0. The number of aliphatic hydroxyl groups excluding tert-OH is 1. The van der Waals surface area contributed by atoms with Crippen LogP contribution in [0.15, 0.2) is 24.3 Å². The highest BCUT2D eigenvalue weighted by molar-refractivity contribution is 7.45. The molecule has 3 unspecified atom stereocenters. The first kappa shape index (κ1) is 53.0. The Labute approximate surface area is 334 Å². The normalized spacial score (nSPS) is 14.6. The second kappa shape index (κ2) is 37.6. The van der Waals surface area contributed by atoms with Crippen LogP contribution in [-0.4, -0.2) is 68.5 Å². The molecule has 0 bridgehead atoms. The largest absolute Gasteiger partial charge is 0.756 e. The van der Waals surface area contributed by atoms with Gasteiger partial charge in [0.1, 0.15) is 13.2 Å². The molecule has 0 fully saturated rings. The van der Waals surface area contributed by atoms with Gasteiger partial charge in [0.2, 0.25) is 5.91 Å². The zero-order valence-electron chi connectivity index (χ0n) is 36.2. The number of carbonyl (C=O) groups is 1. The molecule has 0 heterocycles. The van der Waals surface area contributed by atoms with Gasteiger partial charge in [0.25, 0.3) is 7.82 Å². The number of phosphoric ester groups is 1. The first-order valence-corrected chi connectivity index (χ1v) is 24.2. The lowest BCUT2D eigenvalue weighted by Gasteiger charge is -2.29. The first-order chi connectivity index (χ1) is 26.0. The van der Waals surface area contributed by atoms with E-state index in [-0.39, 0.29) is 19.1 Å². The molecule has 0 aliphatic carbocycles. The highest BCUT2D eigenvalue weighted by atomic mass is 31.2. The molecule has 9 heteroatoms. The summed E-state index contributed by atoms with van der Waals surface area (Å²) in [6, 6.07) is -0.885. The van der Waals surface area contributed by atoms with E-state index < -0.39 is 20.0 Å². The van der Waals surface area contributed by atoms with Gasteiger partial charge >= 0.3 is 0 Å². The summed E-state index contributed by atoms with van der Waals surface area (Å²) < 4.78 is 23.2. The van der Waals surface area contributed by atoms with Gasteiger partial charge in [-0.05, 0) is 44.9 Å². The molecule has 2 N–H and O–H groups in total. The van der Waals surface area contributed by atoms with Crippen molar-refractivity contribution in [3.8, 4) is 0 Å². The van der Waals surface area contributed by atoms with Gasteiger partial charge < -0.3 is 28.8 Å². The van der Waals surface area contributed by atoms with Crippen molar-refractivity contribution >= 4 is 13.7 Å². The maximum Gasteiger partial charge on any atom is 0.268 e. The second-order valence-corrected chi connectivity index (χ2v) is 18.2. The summed E-state index contributed by atoms with van der Waals surface area (Å²) in [5, 5.41) is 13.8. The van der Waals surface area contributed by atoms with Gasteiger partial charge in [0, 0.05) is 6.42 Å². The number of rotatable bonds is 41. The molecule has 0 spiro atoms. The number of quaternary nitrogens is 1. The molecular formula is C45H89N2O6P. The Hall–Kier alpha value is -1.02. The molecule has 320 valence electrons. The molecular weight excluding hydrogens is 695 g/mol. The number of nitrogens with zero attached hydrogens (tertiary/aromatic N) is 1. The number of amides is 1. The molecule has 8 nitrogen and oxygen atoms in total. The number of likely N-dealkylation sites (N-methyl/N-ethyl adjacent to an activating group) is 1. The standard InChI is InChI=1S/C45H89N2O6P/c1-6-8-10-12-14-16-18-20-21-22-23-24-25-27-29-31-33-35-37-39-45(49)46-43(42-53-54(50,51)52-41-40-47(3,4)5)44(48)38-36-34-32-30-28-26-19-17-15-13-11-9-7-2/h22-23,36,38,43-44,48H,6-21,24-35,37,39-42H2,1-5H3,(H-,46,49,50,51)/b23-22-,38-36+. The van der Waals surface area contributed by atoms with Crippen molar-refractivity contribution in [2.45, 2.75) is 219 Å². The van der Waals surface area contributed by atoms with Crippen LogP contribution in [0.4, 0.5) is 0 Å². The summed E-state index contributed by atoms with van der Waals surface area (Å²) >= 11 is 0. The van der Waals surface area contributed by atoms with Gasteiger partial charge in [0.05, 0.1) is 39.9 Å². The number of carbonyl (C=O) groups excluding carboxylic acids is 1. The lowest BCUT2D eigenvalue weighted by molar-refractivity contribution is -0.870. The van der Waals surface area contributed by atoms with Crippen LogP contribution in [0.3, 0.4) is 0 Å². The number of phosphoric acid groups is 1. The van der Waals surface area contributed by atoms with E-state index in [1.54, 1.807) is 6.08 Å². The molecule has 0 saturated carbocycles. The minimum Gasteiger partial charge on any atom is -0.756 e. The number of hydrogen-bond donors (Lipinski definition) is 2. The molecule has 0 aromatic heterocycles. The number of nitrogens with one attached hydrogen (secondary N) is 1. The predicted molar refractivity (Wildman–Crippen MR) is 228 cm³/mol. The van der Waals surface area contributed by atoms with Crippen LogP contribution in [0.5, 0.6) is 0 Å². The van der Waals surface area contributed by atoms with Gasteiger partial charge in [-0.25, -0.2) is 0 Å². The van der Waals surface area contributed by atoms with Gasteiger partial charge in [0.15, 0.2) is 0 Å². The van der Waals surface area contributed by atoms with Crippen LogP contribution in [0.1, 0.15) is 206 Å². The molecule has 1 amide bonds. The van der Waals surface area contributed by atoms with Crippen molar-refractivity contribution in [1.29, 1.82) is 0 Å². The summed E-state index contributed by atoms with van der Waals surface area (Å²) in [4.78, 5) is 25.3. The van der Waals surface area contributed by atoms with E-state index in [0.29, 0.717) is 17.4 Å². The van der Waals surface area contributed by atoms with Crippen molar-refractivity contribution in [2.24, 2.45) is 0 Å². The average Bonchev–Trinajstić information content (AvgIpc) is 3.12. The van der Waals surface area contributed by atoms with E-state index in [9.17, 15) is 19.4 Å². The quantitative estimate of drug-likeness (QED) is 0.0277. The smallest absolute Gasteiger partial charge is 0.268 e. The van der Waals surface area contributed by atoms with E-state index in [1.165, 1.54) is 148 Å². The number of allylic oxidation sites excluding steroid dienone is 3. The van der Waals surface area contributed by atoms with Crippen LogP contribution < -0.4 is 10.2 Å². The third-order valence-electron chi connectivity index (χ3n) is 10.2. The fourth-order valence-corrected chi connectivity index (χ4v) is 7.22. The summed E-state index contributed by atoms with van der Waals surface area (Å²) in [7, 11) is 1.26. The van der Waals surface area contributed by atoms with Gasteiger partial charge in [-0.2, -0.15) is 0 Å². The highest BCUT2D eigenvalue weighted by Crippen LogP contribution is 2.38. The molecule has 0 aliphatic rings. The molecule has 0 aromatic carbocycles. The SMILES string of the molecule is CCCCCCCCCC/C=C\CCCCCCCCCC(=O)NC(COP(=O)([O-])OCC[N+](C)(C)C)C(O)/C=C/CCCCCCCCCCCCC. The molecule has 54 heavy (non-hydrogen) atoms. The third kappa shape index (κ3) is 39.2. The zero-order valence-corrected chi connectivity index (χ0v) is 37.1. The van der Waals surface area contributed by atoms with Crippen molar-refractivity contribution in [3.63, 3.8) is 0 Å². The minimum absolute atomic E-state index is 0.000826. The maximum absolute atomic E-state index is 12.8. The summed E-state index contributed by atoms with van der Waals surface area (Å²) in [5.74, 6) is -0.202. The molecule has 3 atom stereocenters. The predicted octanol–water partition coefficient (Wildman–Crippen LogP) is 11.9. The van der Waals surface area contributed by atoms with Crippen molar-refractivity contribution in [2.75, 3.05) is 40.9 Å². The van der Waals surface area contributed by atoms with Crippen molar-refractivity contribution < 1.29 is 32.9 Å². The lowest BCUT2D eigenvalue weighted by Crippen LogP contribution is -2.45. The van der Waals surface area contributed by atoms with Gasteiger partial charge in [-0.1, -0.05) is 179 Å². The van der Waals surface area contributed by atoms with E-state index in [4.69, 9.17) is 9.05 Å². The van der Waals surface area contributed by atoms with E-state index >= 15 is 0 Å². The topological polar surface area (TPSA) is 108 Å². The van der Waals surface area contributed by atoms with Crippen LogP contribution in [0, 0.1) is 0 Å². The summed E-state index contributed by atoms with van der Waals surface area (Å²) in [6.45, 7) is 4.64. The van der Waals surface area contributed by atoms with Crippen molar-refractivity contribution in [1.82, 2.24) is 5.32 Å². The molecule has 0 aromatic rings.